The Hall–Kier alpha value is -4.69. The molecule has 7 nitrogen and oxygen atoms in total. The molecule has 0 unspecified atom stereocenters. The molecule has 1 saturated heterocycles. The number of para-hydroxylation sites is 1. The fourth-order valence-corrected chi connectivity index (χ4v) is 6.78. The molecule has 2 aliphatic rings. The van der Waals surface area contributed by atoms with E-state index < -0.39 is 83.0 Å². The average Bonchev–Trinajstić information content (AvgIpc) is 3.34. The van der Waals surface area contributed by atoms with Gasteiger partial charge in [-0.05, 0) is 84.9 Å². The van der Waals surface area contributed by atoms with Crippen molar-refractivity contribution in [1.82, 2.24) is 0 Å². The molecular weight excluding hydrogens is 687 g/mol. The predicted molar refractivity (Wildman–Crippen MR) is 172 cm³/mol. The third-order valence-electron chi connectivity index (χ3n) is 9.26. The first kappa shape index (κ1) is 37.6. The number of benzene rings is 3. The van der Waals surface area contributed by atoms with Gasteiger partial charge in [0.25, 0.3) is 0 Å². The van der Waals surface area contributed by atoms with E-state index in [0.29, 0.717) is 40.3 Å². The molecule has 0 aromatic heterocycles. The molecule has 0 spiro atoms. The van der Waals surface area contributed by atoms with E-state index in [4.69, 9.17) is 4.74 Å². The number of rotatable bonds is 11. The lowest BCUT2D eigenvalue weighted by Gasteiger charge is -2.36. The summed E-state index contributed by atoms with van der Waals surface area (Å²) in [5, 5.41) is 31.8. The van der Waals surface area contributed by atoms with Gasteiger partial charge in [0.2, 0.25) is 11.8 Å². The quantitative estimate of drug-likeness (QED) is 0.107. The molecule has 3 aromatic carbocycles. The standard InChI is InChI=1S/C37H34F7NO6/c1-2-20(12-21-9-10-30(47)29(38)13-21)8-11-31(48)32-22(19-51-26-6-4-3-5-7-26)14-27-33(28(32)18-46)35(50)45(34(27)49)25-16-23(36(39,40)41)15-24(17-25)37(42,43)44/h3-7,9-10,12-13,15-17,27-28,31,33,46-48H,2,8,11,14,18-19H2,1H3/b20-12+/t27-,28+,31-,33-/m1/s1. The number of nitrogens with zero attached hydrogens (tertiary/aromatic N) is 1. The van der Waals surface area contributed by atoms with Crippen LogP contribution in [0.25, 0.3) is 6.08 Å². The Balaban J connectivity index is 1.50. The summed E-state index contributed by atoms with van der Waals surface area (Å²) < 4.78 is 102. The number of carbonyl (C=O) groups excluding carboxylic acids is 2. The van der Waals surface area contributed by atoms with Crippen LogP contribution in [0.5, 0.6) is 11.5 Å². The number of carbonyl (C=O) groups is 2. The third kappa shape index (κ3) is 8.12. The Bertz CT molecular complexity index is 1800. The van der Waals surface area contributed by atoms with Gasteiger partial charge >= 0.3 is 12.4 Å². The highest BCUT2D eigenvalue weighted by Crippen LogP contribution is 2.48. The number of alkyl halides is 6. The molecule has 3 N–H and O–H groups in total. The molecule has 3 aromatic rings. The van der Waals surface area contributed by atoms with Crippen LogP contribution in [0.3, 0.4) is 0 Å². The van der Waals surface area contributed by atoms with Crippen LogP contribution in [0.1, 0.15) is 49.3 Å². The maximum absolute atomic E-state index is 13.9. The highest BCUT2D eigenvalue weighted by Gasteiger charge is 2.56. The summed E-state index contributed by atoms with van der Waals surface area (Å²) in [7, 11) is 0. The van der Waals surface area contributed by atoms with E-state index in [1.807, 2.05) is 6.92 Å². The summed E-state index contributed by atoms with van der Waals surface area (Å²) in [4.78, 5) is 28.0. The number of phenols is 1. The maximum atomic E-state index is 13.9. The second kappa shape index (κ2) is 14.9. The number of phenolic OH excluding ortho intramolecular Hbond substituents is 1. The van der Waals surface area contributed by atoms with Gasteiger partial charge in [-0.15, -0.1) is 0 Å². The monoisotopic (exact) mass is 721 g/mol. The van der Waals surface area contributed by atoms with Crippen molar-refractivity contribution < 1.29 is 60.4 Å². The molecule has 4 atom stereocenters. The highest BCUT2D eigenvalue weighted by molar-refractivity contribution is 6.22. The Kier molecular flexibility index (Phi) is 11.0. The Morgan fingerprint density at radius 2 is 1.61 bits per heavy atom. The molecule has 1 fully saturated rings. The molecule has 1 heterocycles. The van der Waals surface area contributed by atoms with Crippen molar-refractivity contribution in [1.29, 1.82) is 0 Å². The number of amides is 2. The normalized spacial score (nSPS) is 20.5. The van der Waals surface area contributed by atoms with E-state index in [0.717, 1.165) is 11.6 Å². The molecule has 272 valence electrons. The zero-order valence-corrected chi connectivity index (χ0v) is 27.1. The van der Waals surface area contributed by atoms with Crippen molar-refractivity contribution in [3.8, 4) is 11.5 Å². The van der Waals surface area contributed by atoms with Gasteiger partial charge < -0.3 is 20.1 Å². The average molecular weight is 722 g/mol. The summed E-state index contributed by atoms with van der Waals surface area (Å²) in [6.07, 6.45) is -9.55. The molecule has 1 aliphatic heterocycles. The van der Waals surface area contributed by atoms with Crippen LogP contribution in [-0.4, -0.2) is 46.5 Å². The van der Waals surface area contributed by atoms with Crippen LogP contribution in [0.4, 0.5) is 36.4 Å². The number of aromatic hydroxyl groups is 1. The molecule has 2 amide bonds. The van der Waals surface area contributed by atoms with Gasteiger partial charge in [-0.25, -0.2) is 9.29 Å². The van der Waals surface area contributed by atoms with Gasteiger partial charge in [-0.1, -0.05) is 42.8 Å². The number of allylic oxidation sites excluding steroid dienone is 1. The van der Waals surface area contributed by atoms with Crippen molar-refractivity contribution in [3.63, 3.8) is 0 Å². The molecule has 14 heteroatoms. The highest BCUT2D eigenvalue weighted by atomic mass is 19.4. The van der Waals surface area contributed by atoms with E-state index in [1.54, 1.807) is 36.4 Å². The summed E-state index contributed by atoms with van der Waals surface area (Å²) >= 11 is 0. The largest absolute Gasteiger partial charge is 0.505 e. The van der Waals surface area contributed by atoms with Crippen molar-refractivity contribution in [2.75, 3.05) is 18.1 Å². The predicted octanol–water partition coefficient (Wildman–Crippen LogP) is 7.70. The van der Waals surface area contributed by atoms with E-state index in [9.17, 15) is 55.6 Å². The summed E-state index contributed by atoms with van der Waals surface area (Å²) in [6, 6.07) is 12.8. The lowest BCUT2D eigenvalue weighted by atomic mass is 9.68. The van der Waals surface area contributed by atoms with Crippen LogP contribution in [0.2, 0.25) is 0 Å². The van der Waals surface area contributed by atoms with Crippen molar-refractivity contribution in [2.45, 2.75) is 51.1 Å². The fraction of sp³-hybridized carbons (Fsp3) is 0.351. The maximum Gasteiger partial charge on any atom is 0.416 e. The van der Waals surface area contributed by atoms with E-state index in [1.165, 1.54) is 12.1 Å². The van der Waals surface area contributed by atoms with Gasteiger partial charge in [0.15, 0.2) is 11.6 Å². The van der Waals surface area contributed by atoms with Gasteiger partial charge in [0, 0.05) is 5.92 Å². The van der Waals surface area contributed by atoms with Crippen LogP contribution in [0.15, 0.2) is 83.4 Å². The minimum atomic E-state index is -5.23. The number of halogens is 7. The van der Waals surface area contributed by atoms with Crippen LogP contribution in [0, 0.1) is 23.6 Å². The first-order valence-corrected chi connectivity index (χ1v) is 16.1. The number of ether oxygens (including phenoxy) is 1. The van der Waals surface area contributed by atoms with Gasteiger partial charge in [-0.2, -0.15) is 26.3 Å². The van der Waals surface area contributed by atoms with E-state index in [-0.39, 0.29) is 37.5 Å². The minimum Gasteiger partial charge on any atom is -0.505 e. The first-order chi connectivity index (χ1) is 24.0. The summed E-state index contributed by atoms with van der Waals surface area (Å²) in [5.74, 6) is -6.99. The lowest BCUT2D eigenvalue weighted by Crippen LogP contribution is -2.40. The topological polar surface area (TPSA) is 107 Å². The Labute approximate surface area is 288 Å². The number of hydrogen-bond donors (Lipinski definition) is 3. The molecule has 0 bridgehead atoms. The number of aliphatic hydroxyl groups excluding tert-OH is 2. The molecule has 0 saturated carbocycles. The molecular formula is C37H34F7NO6. The van der Waals surface area contributed by atoms with Crippen LogP contribution < -0.4 is 9.64 Å². The van der Waals surface area contributed by atoms with Gasteiger partial charge in [0.05, 0.1) is 41.4 Å². The Morgan fingerprint density at radius 1 is 0.961 bits per heavy atom. The first-order valence-electron chi connectivity index (χ1n) is 16.1. The fourth-order valence-electron chi connectivity index (χ4n) is 6.78. The lowest BCUT2D eigenvalue weighted by molar-refractivity contribution is -0.143. The van der Waals surface area contributed by atoms with E-state index >= 15 is 0 Å². The molecule has 1 aliphatic carbocycles. The third-order valence-corrected chi connectivity index (χ3v) is 9.26. The minimum absolute atomic E-state index is 0.0344. The summed E-state index contributed by atoms with van der Waals surface area (Å²) in [6.45, 7) is 0.849. The second-order valence-corrected chi connectivity index (χ2v) is 12.5. The smallest absolute Gasteiger partial charge is 0.416 e. The Morgan fingerprint density at radius 3 is 2.18 bits per heavy atom. The zero-order chi connectivity index (χ0) is 37.2. The van der Waals surface area contributed by atoms with E-state index in [2.05, 4.69) is 0 Å². The van der Waals surface area contributed by atoms with Gasteiger partial charge in [-0.3, -0.25) is 9.59 Å². The van der Waals surface area contributed by atoms with Crippen molar-refractivity contribution in [2.24, 2.45) is 17.8 Å². The number of hydrogen-bond acceptors (Lipinski definition) is 6. The molecule has 5 rings (SSSR count). The van der Waals surface area contributed by atoms with Gasteiger partial charge in [0.1, 0.15) is 12.4 Å². The molecule has 51 heavy (non-hydrogen) atoms. The van der Waals surface area contributed by atoms with Crippen molar-refractivity contribution in [3.05, 3.63) is 106 Å². The van der Waals surface area contributed by atoms with Crippen LogP contribution >= 0.6 is 0 Å². The SMILES string of the molecule is CC/C(=C\c1ccc(O)c(F)c1)CC[C@@H](O)C1=C(COc2ccccc2)C[C@H]2C(=O)N(c3cc(C(F)(F)F)cc(C(F)(F)F)c3)C(=O)[C@H]2[C@H]1CO. The van der Waals surface area contributed by atoms with Crippen LogP contribution in [-0.2, 0) is 21.9 Å². The van der Waals surface area contributed by atoms with Crippen molar-refractivity contribution >= 4 is 23.6 Å². The summed E-state index contributed by atoms with van der Waals surface area (Å²) in [5.41, 5.74) is -2.56. The molecule has 0 radical (unpaired) electrons. The number of fused-ring (bicyclic) bond motifs is 1. The second-order valence-electron chi connectivity index (χ2n) is 12.5. The number of imide groups is 1. The number of aliphatic hydroxyl groups is 2. The zero-order valence-electron chi connectivity index (χ0n) is 27.1. The number of anilines is 1.